The molecule has 4 nitrogen and oxygen atoms in total. The zero-order valence-corrected chi connectivity index (χ0v) is 9.80. The Labute approximate surface area is 97.4 Å². The Balaban J connectivity index is 1.99. The molecule has 1 saturated heterocycles. The van der Waals surface area contributed by atoms with Crippen molar-refractivity contribution in [2.24, 2.45) is 5.92 Å². The molecule has 2 N–H and O–H groups in total. The first-order valence-corrected chi connectivity index (χ1v) is 6.17. The molecule has 0 saturated carbocycles. The second-order valence-corrected chi connectivity index (χ2v) is 4.34. The summed E-state index contributed by atoms with van der Waals surface area (Å²) in [5.41, 5.74) is 0. The van der Waals surface area contributed by atoms with Crippen molar-refractivity contribution in [3.63, 3.8) is 0 Å². The van der Waals surface area contributed by atoms with Gasteiger partial charge in [0, 0.05) is 19.4 Å². The Morgan fingerprint density at radius 3 is 2.88 bits per heavy atom. The molecule has 0 spiro atoms. The monoisotopic (exact) mass is 223 g/mol. The summed E-state index contributed by atoms with van der Waals surface area (Å²) in [6, 6.07) is 2.07. The van der Waals surface area contributed by atoms with Crippen LogP contribution in [-0.4, -0.2) is 25.5 Å². The molecule has 0 unspecified atom stereocenters. The van der Waals surface area contributed by atoms with Crippen molar-refractivity contribution in [2.45, 2.75) is 38.5 Å². The topological polar surface area (TPSA) is 64.9 Å². The van der Waals surface area contributed by atoms with Gasteiger partial charge in [0.05, 0.1) is 6.07 Å². The van der Waals surface area contributed by atoms with E-state index in [0.717, 1.165) is 25.9 Å². The van der Waals surface area contributed by atoms with Gasteiger partial charge in [-0.15, -0.1) is 0 Å². The molecule has 0 bridgehead atoms. The van der Waals surface area contributed by atoms with Crippen molar-refractivity contribution < 1.29 is 4.79 Å². The number of piperidine rings is 1. The van der Waals surface area contributed by atoms with Gasteiger partial charge in [0.2, 0.25) is 5.91 Å². The molecule has 0 aliphatic carbocycles. The number of amides is 1. The molecule has 1 rings (SSSR count). The predicted octanol–water partition coefficient (Wildman–Crippen LogP) is 1.19. The van der Waals surface area contributed by atoms with E-state index < -0.39 is 0 Å². The highest BCUT2D eigenvalue weighted by atomic mass is 16.1. The van der Waals surface area contributed by atoms with Gasteiger partial charge in [-0.1, -0.05) is 0 Å². The first kappa shape index (κ1) is 13.0. The van der Waals surface area contributed by atoms with Crippen molar-refractivity contribution >= 4 is 5.91 Å². The molecular formula is C12H21N3O. The maximum atomic E-state index is 11.4. The molecule has 0 aromatic rings. The first-order chi connectivity index (χ1) is 7.83. The Morgan fingerprint density at radius 1 is 1.44 bits per heavy atom. The molecule has 1 aliphatic heterocycles. The first-order valence-electron chi connectivity index (χ1n) is 6.17. The van der Waals surface area contributed by atoms with E-state index in [2.05, 4.69) is 16.7 Å². The summed E-state index contributed by atoms with van der Waals surface area (Å²) in [5, 5.41) is 14.5. The van der Waals surface area contributed by atoms with Crippen LogP contribution in [0.3, 0.4) is 0 Å². The van der Waals surface area contributed by atoms with Crippen molar-refractivity contribution in [3.05, 3.63) is 0 Å². The van der Waals surface area contributed by atoms with Gasteiger partial charge in [-0.2, -0.15) is 5.26 Å². The minimum Gasteiger partial charge on any atom is -0.356 e. The summed E-state index contributed by atoms with van der Waals surface area (Å²) in [6.45, 7) is 2.82. The van der Waals surface area contributed by atoms with E-state index in [1.165, 1.54) is 12.8 Å². The SMILES string of the molecule is N#CCCCNC(=O)CCC1CCNCC1. The van der Waals surface area contributed by atoms with Gasteiger partial charge in [0.15, 0.2) is 0 Å². The van der Waals surface area contributed by atoms with Crippen LogP contribution in [0.4, 0.5) is 0 Å². The Kier molecular flexibility index (Phi) is 6.59. The second-order valence-electron chi connectivity index (χ2n) is 4.34. The van der Waals surface area contributed by atoms with E-state index in [1.54, 1.807) is 0 Å². The van der Waals surface area contributed by atoms with Gasteiger partial charge in [-0.25, -0.2) is 0 Å². The zero-order valence-electron chi connectivity index (χ0n) is 9.80. The summed E-state index contributed by atoms with van der Waals surface area (Å²) in [4.78, 5) is 11.4. The van der Waals surface area contributed by atoms with Crippen LogP contribution in [0, 0.1) is 17.2 Å². The fraction of sp³-hybridized carbons (Fsp3) is 0.833. The zero-order chi connectivity index (χ0) is 11.6. The highest BCUT2D eigenvalue weighted by molar-refractivity contribution is 5.75. The number of nitriles is 1. The summed E-state index contributed by atoms with van der Waals surface area (Å²) >= 11 is 0. The molecule has 1 heterocycles. The van der Waals surface area contributed by atoms with Crippen LogP contribution in [0.5, 0.6) is 0 Å². The van der Waals surface area contributed by atoms with Gasteiger partial charge in [-0.05, 0) is 44.7 Å². The van der Waals surface area contributed by atoms with Crippen LogP contribution in [0.2, 0.25) is 0 Å². The van der Waals surface area contributed by atoms with Crippen LogP contribution >= 0.6 is 0 Å². The summed E-state index contributed by atoms with van der Waals surface area (Å²) in [5.74, 6) is 0.850. The third-order valence-corrected chi connectivity index (χ3v) is 3.03. The quantitative estimate of drug-likeness (QED) is 0.665. The lowest BCUT2D eigenvalue weighted by atomic mass is 9.93. The normalized spacial score (nSPS) is 16.7. The molecule has 1 fully saturated rings. The van der Waals surface area contributed by atoms with Crippen molar-refractivity contribution in [1.29, 1.82) is 5.26 Å². The lowest BCUT2D eigenvalue weighted by Crippen LogP contribution is -2.29. The van der Waals surface area contributed by atoms with E-state index >= 15 is 0 Å². The number of unbranched alkanes of at least 4 members (excludes halogenated alkanes) is 1. The molecule has 1 aliphatic rings. The second kappa shape index (κ2) is 8.12. The van der Waals surface area contributed by atoms with E-state index in [-0.39, 0.29) is 5.91 Å². The number of carbonyl (C=O) groups excluding carboxylic acids is 1. The number of hydrogen-bond acceptors (Lipinski definition) is 3. The average molecular weight is 223 g/mol. The summed E-state index contributed by atoms with van der Waals surface area (Å²) < 4.78 is 0. The molecule has 90 valence electrons. The van der Waals surface area contributed by atoms with Crippen LogP contribution in [0.15, 0.2) is 0 Å². The lowest BCUT2D eigenvalue weighted by Gasteiger charge is -2.22. The van der Waals surface area contributed by atoms with Crippen molar-refractivity contribution in [2.75, 3.05) is 19.6 Å². The Bertz CT molecular complexity index is 241. The van der Waals surface area contributed by atoms with Gasteiger partial charge in [0.25, 0.3) is 0 Å². The predicted molar refractivity (Wildman–Crippen MR) is 62.7 cm³/mol. The Morgan fingerprint density at radius 2 is 2.19 bits per heavy atom. The number of nitrogens with zero attached hydrogens (tertiary/aromatic N) is 1. The number of carbonyl (C=O) groups is 1. The largest absolute Gasteiger partial charge is 0.356 e. The molecular weight excluding hydrogens is 202 g/mol. The van der Waals surface area contributed by atoms with E-state index in [4.69, 9.17) is 5.26 Å². The fourth-order valence-corrected chi connectivity index (χ4v) is 1.99. The third-order valence-electron chi connectivity index (χ3n) is 3.03. The summed E-state index contributed by atoms with van der Waals surface area (Å²) in [7, 11) is 0. The van der Waals surface area contributed by atoms with Crippen molar-refractivity contribution in [1.82, 2.24) is 10.6 Å². The molecule has 4 heteroatoms. The van der Waals surface area contributed by atoms with Crippen LogP contribution < -0.4 is 10.6 Å². The van der Waals surface area contributed by atoms with Crippen LogP contribution in [-0.2, 0) is 4.79 Å². The number of hydrogen-bond donors (Lipinski definition) is 2. The van der Waals surface area contributed by atoms with Gasteiger partial charge in [-0.3, -0.25) is 4.79 Å². The van der Waals surface area contributed by atoms with E-state index in [1.807, 2.05) is 0 Å². The maximum Gasteiger partial charge on any atom is 0.220 e. The Hall–Kier alpha value is -1.08. The molecule has 0 atom stereocenters. The average Bonchev–Trinajstić information content (AvgIpc) is 2.33. The van der Waals surface area contributed by atoms with Gasteiger partial charge in [0.1, 0.15) is 0 Å². The van der Waals surface area contributed by atoms with Crippen LogP contribution in [0.1, 0.15) is 38.5 Å². The molecule has 16 heavy (non-hydrogen) atoms. The minimum absolute atomic E-state index is 0.136. The lowest BCUT2D eigenvalue weighted by molar-refractivity contribution is -0.121. The number of nitrogens with one attached hydrogen (secondary N) is 2. The van der Waals surface area contributed by atoms with E-state index in [0.29, 0.717) is 25.3 Å². The van der Waals surface area contributed by atoms with Gasteiger partial charge < -0.3 is 10.6 Å². The fourth-order valence-electron chi connectivity index (χ4n) is 1.99. The minimum atomic E-state index is 0.136. The molecule has 1 amide bonds. The standard InChI is InChI=1S/C12H21N3O/c13-7-1-2-8-15-12(16)4-3-11-5-9-14-10-6-11/h11,14H,1-6,8-10H2,(H,15,16). The smallest absolute Gasteiger partial charge is 0.220 e. The number of rotatable bonds is 6. The maximum absolute atomic E-state index is 11.4. The molecule has 0 aromatic carbocycles. The highest BCUT2D eigenvalue weighted by Gasteiger charge is 2.13. The van der Waals surface area contributed by atoms with Crippen LogP contribution in [0.25, 0.3) is 0 Å². The van der Waals surface area contributed by atoms with Crippen molar-refractivity contribution in [3.8, 4) is 6.07 Å². The molecule has 0 aromatic heterocycles. The highest BCUT2D eigenvalue weighted by Crippen LogP contribution is 2.17. The molecule has 0 radical (unpaired) electrons. The van der Waals surface area contributed by atoms with E-state index in [9.17, 15) is 4.79 Å². The van der Waals surface area contributed by atoms with Gasteiger partial charge >= 0.3 is 0 Å². The summed E-state index contributed by atoms with van der Waals surface area (Å²) in [6.07, 6.45) is 5.32. The third kappa shape index (κ3) is 5.72.